The van der Waals surface area contributed by atoms with Gasteiger partial charge < -0.3 is 15.7 Å². The maximum absolute atomic E-state index is 11.6. The van der Waals surface area contributed by atoms with Crippen molar-refractivity contribution in [3.05, 3.63) is 35.4 Å². The second-order valence-corrected chi connectivity index (χ2v) is 5.23. The molecule has 19 heavy (non-hydrogen) atoms. The number of rotatable bonds is 4. The number of aliphatic hydroxyl groups excluding tert-OH is 1. The van der Waals surface area contributed by atoms with Gasteiger partial charge in [-0.1, -0.05) is 24.3 Å². The average molecular weight is 262 g/mol. The van der Waals surface area contributed by atoms with Crippen LogP contribution in [0.25, 0.3) is 0 Å². The van der Waals surface area contributed by atoms with E-state index in [4.69, 9.17) is 5.11 Å². The molecule has 0 heterocycles. The normalized spacial score (nSPS) is 19.4. The summed E-state index contributed by atoms with van der Waals surface area (Å²) >= 11 is 0. The minimum Gasteiger partial charge on any atom is -0.394 e. The van der Waals surface area contributed by atoms with Gasteiger partial charge in [-0.05, 0) is 37.3 Å². The summed E-state index contributed by atoms with van der Waals surface area (Å²) in [7, 11) is 0. The largest absolute Gasteiger partial charge is 0.394 e. The molecule has 4 nitrogen and oxygen atoms in total. The average Bonchev–Trinajstić information content (AvgIpc) is 2.44. The van der Waals surface area contributed by atoms with Gasteiger partial charge >= 0.3 is 6.03 Å². The van der Waals surface area contributed by atoms with Crippen LogP contribution in [0.5, 0.6) is 0 Å². The molecule has 0 radical (unpaired) electrons. The fourth-order valence-electron chi connectivity index (χ4n) is 2.60. The molecule has 0 saturated heterocycles. The third kappa shape index (κ3) is 3.70. The lowest BCUT2D eigenvalue weighted by Gasteiger charge is -2.26. The topological polar surface area (TPSA) is 61.4 Å². The number of hydrogen-bond donors (Lipinski definition) is 3. The molecule has 1 aromatic carbocycles. The molecule has 1 aliphatic carbocycles. The minimum atomic E-state index is -0.210. The van der Waals surface area contributed by atoms with Crippen LogP contribution < -0.4 is 10.6 Å². The Balaban J connectivity index is 1.89. The SMILES string of the molecule is CC(CO)NC(=O)NCC1CCCc2ccccc21. The van der Waals surface area contributed by atoms with E-state index in [1.165, 1.54) is 17.5 Å². The van der Waals surface area contributed by atoms with E-state index in [0.717, 1.165) is 12.8 Å². The zero-order chi connectivity index (χ0) is 13.7. The zero-order valence-electron chi connectivity index (χ0n) is 11.4. The van der Waals surface area contributed by atoms with Gasteiger partial charge in [-0.15, -0.1) is 0 Å². The van der Waals surface area contributed by atoms with E-state index in [9.17, 15) is 4.79 Å². The lowest BCUT2D eigenvalue weighted by molar-refractivity contribution is 0.220. The first-order valence-corrected chi connectivity index (χ1v) is 6.93. The molecule has 0 aliphatic heterocycles. The van der Waals surface area contributed by atoms with Crippen LogP contribution in [0.15, 0.2) is 24.3 Å². The summed E-state index contributed by atoms with van der Waals surface area (Å²) < 4.78 is 0. The summed E-state index contributed by atoms with van der Waals surface area (Å²) in [6, 6.07) is 8.06. The summed E-state index contributed by atoms with van der Waals surface area (Å²) in [5.74, 6) is 0.403. The molecule has 0 saturated carbocycles. The highest BCUT2D eigenvalue weighted by molar-refractivity contribution is 5.74. The monoisotopic (exact) mass is 262 g/mol. The molecule has 0 bridgehead atoms. The summed E-state index contributed by atoms with van der Waals surface area (Å²) in [6.45, 7) is 2.39. The van der Waals surface area contributed by atoms with Crippen LogP contribution in [0.1, 0.15) is 36.8 Å². The number of urea groups is 1. The van der Waals surface area contributed by atoms with Crippen molar-refractivity contribution in [1.82, 2.24) is 10.6 Å². The lowest BCUT2D eigenvalue weighted by atomic mass is 9.83. The van der Waals surface area contributed by atoms with Gasteiger partial charge in [0.2, 0.25) is 0 Å². The van der Waals surface area contributed by atoms with E-state index in [2.05, 4.69) is 34.9 Å². The van der Waals surface area contributed by atoms with E-state index >= 15 is 0 Å². The van der Waals surface area contributed by atoms with Gasteiger partial charge in [-0.2, -0.15) is 0 Å². The van der Waals surface area contributed by atoms with Gasteiger partial charge in [0, 0.05) is 12.5 Å². The number of carbonyl (C=O) groups is 1. The predicted octanol–water partition coefficient (Wildman–Crippen LogP) is 1.79. The van der Waals surface area contributed by atoms with Crippen LogP contribution in [0.2, 0.25) is 0 Å². The minimum absolute atomic E-state index is 0.0420. The molecule has 3 N–H and O–H groups in total. The second-order valence-electron chi connectivity index (χ2n) is 5.23. The second kappa shape index (κ2) is 6.57. The highest BCUT2D eigenvalue weighted by Gasteiger charge is 2.20. The molecule has 2 unspecified atom stereocenters. The molecule has 0 spiro atoms. The molecule has 1 aromatic rings. The van der Waals surface area contributed by atoms with E-state index in [0.29, 0.717) is 12.5 Å². The van der Waals surface area contributed by atoms with Crippen LogP contribution >= 0.6 is 0 Å². The van der Waals surface area contributed by atoms with Gasteiger partial charge in [-0.25, -0.2) is 4.79 Å². The number of aliphatic hydroxyl groups is 1. The van der Waals surface area contributed by atoms with E-state index in [1.807, 2.05) is 0 Å². The zero-order valence-corrected chi connectivity index (χ0v) is 11.4. The molecule has 2 amide bonds. The summed E-state index contributed by atoms with van der Waals surface area (Å²) in [5, 5.41) is 14.5. The summed E-state index contributed by atoms with van der Waals surface area (Å²) in [5.41, 5.74) is 2.77. The molecular weight excluding hydrogens is 240 g/mol. The van der Waals surface area contributed by atoms with Crippen molar-refractivity contribution in [2.45, 2.75) is 38.1 Å². The number of carbonyl (C=O) groups excluding carboxylic acids is 1. The van der Waals surface area contributed by atoms with Gasteiger partial charge in [0.25, 0.3) is 0 Å². The number of hydrogen-bond acceptors (Lipinski definition) is 2. The van der Waals surface area contributed by atoms with Crippen molar-refractivity contribution >= 4 is 6.03 Å². The molecular formula is C15H22N2O2. The number of fused-ring (bicyclic) bond motifs is 1. The highest BCUT2D eigenvalue weighted by Crippen LogP contribution is 2.30. The van der Waals surface area contributed by atoms with Crippen molar-refractivity contribution in [3.63, 3.8) is 0 Å². The first-order chi connectivity index (χ1) is 9.20. The Hall–Kier alpha value is -1.55. The molecule has 0 fully saturated rings. The Morgan fingerprint density at radius 3 is 3.05 bits per heavy atom. The number of nitrogens with one attached hydrogen (secondary N) is 2. The van der Waals surface area contributed by atoms with E-state index < -0.39 is 0 Å². The van der Waals surface area contributed by atoms with Gasteiger partial charge in [0.15, 0.2) is 0 Å². The third-order valence-electron chi connectivity index (χ3n) is 3.65. The van der Waals surface area contributed by atoms with Crippen LogP contribution in [0.4, 0.5) is 4.79 Å². The molecule has 4 heteroatoms. The summed E-state index contributed by atoms with van der Waals surface area (Å²) in [4.78, 5) is 11.6. The first kappa shape index (κ1) is 13.9. The van der Waals surface area contributed by atoms with Gasteiger partial charge in [0.1, 0.15) is 0 Å². The third-order valence-corrected chi connectivity index (χ3v) is 3.65. The summed E-state index contributed by atoms with van der Waals surface area (Å²) in [6.07, 6.45) is 3.44. The number of benzene rings is 1. The Bertz CT molecular complexity index is 434. The van der Waals surface area contributed by atoms with Crippen molar-refractivity contribution < 1.29 is 9.90 Å². The van der Waals surface area contributed by atoms with Crippen LogP contribution in [-0.2, 0) is 6.42 Å². The molecule has 0 aromatic heterocycles. The van der Waals surface area contributed by atoms with Gasteiger partial charge in [0.05, 0.1) is 12.6 Å². The lowest BCUT2D eigenvalue weighted by Crippen LogP contribution is -2.43. The van der Waals surface area contributed by atoms with Crippen molar-refractivity contribution in [3.8, 4) is 0 Å². The first-order valence-electron chi connectivity index (χ1n) is 6.93. The van der Waals surface area contributed by atoms with Crippen molar-refractivity contribution in [2.24, 2.45) is 0 Å². The van der Waals surface area contributed by atoms with Crippen molar-refractivity contribution in [2.75, 3.05) is 13.2 Å². The number of amides is 2. The Morgan fingerprint density at radius 1 is 1.47 bits per heavy atom. The molecule has 1 aliphatic rings. The molecule has 104 valence electrons. The Labute approximate surface area is 114 Å². The number of aryl methyl sites for hydroxylation is 1. The van der Waals surface area contributed by atoms with Crippen LogP contribution in [0, 0.1) is 0 Å². The smallest absolute Gasteiger partial charge is 0.315 e. The highest BCUT2D eigenvalue weighted by atomic mass is 16.3. The molecule has 2 atom stereocenters. The maximum Gasteiger partial charge on any atom is 0.315 e. The van der Waals surface area contributed by atoms with Gasteiger partial charge in [-0.3, -0.25) is 0 Å². The molecule has 2 rings (SSSR count). The van der Waals surface area contributed by atoms with Crippen molar-refractivity contribution in [1.29, 1.82) is 0 Å². The van der Waals surface area contributed by atoms with E-state index in [-0.39, 0.29) is 18.7 Å². The Morgan fingerprint density at radius 2 is 2.26 bits per heavy atom. The maximum atomic E-state index is 11.6. The Kier molecular flexibility index (Phi) is 4.80. The fraction of sp³-hybridized carbons (Fsp3) is 0.533. The van der Waals surface area contributed by atoms with E-state index in [1.54, 1.807) is 6.92 Å². The predicted molar refractivity (Wildman–Crippen MR) is 75.2 cm³/mol. The van der Waals surface area contributed by atoms with Crippen LogP contribution in [-0.4, -0.2) is 30.3 Å². The standard InChI is InChI=1S/C15H22N2O2/c1-11(10-18)17-15(19)16-9-13-7-4-6-12-5-2-3-8-14(12)13/h2-3,5,8,11,13,18H,4,6-7,9-10H2,1H3,(H2,16,17,19). The fourth-order valence-corrected chi connectivity index (χ4v) is 2.60. The van der Waals surface area contributed by atoms with Crippen LogP contribution in [0.3, 0.4) is 0 Å². The quantitative estimate of drug-likeness (QED) is 0.774.